The summed E-state index contributed by atoms with van der Waals surface area (Å²) < 4.78 is 34.7. The molecular formula is C20H15N5O3S. The van der Waals surface area contributed by atoms with Gasteiger partial charge in [0.2, 0.25) is 5.88 Å². The molecule has 0 aliphatic heterocycles. The molecule has 0 saturated carbocycles. The summed E-state index contributed by atoms with van der Waals surface area (Å²) in [5, 5.41) is 4.19. The minimum Gasteiger partial charge on any atom is -0.480 e. The number of methoxy groups -OCH3 is 1. The third kappa shape index (κ3) is 3.49. The molecule has 9 heteroatoms. The molecule has 0 spiro atoms. The van der Waals surface area contributed by atoms with Crippen molar-refractivity contribution in [2.45, 2.75) is 4.90 Å². The summed E-state index contributed by atoms with van der Waals surface area (Å²) in [6.45, 7) is 0. The molecule has 1 N–H and O–H groups in total. The fourth-order valence-corrected chi connectivity index (χ4v) is 3.84. The highest BCUT2D eigenvalue weighted by molar-refractivity contribution is 7.92. The van der Waals surface area contributed by atoms with E-state index >= 15 is 0 Å². The molecule has 8 nitrogen and oxygen atoms in total. The lowest BCUT2D eigenvalue weighted by atomic mass is 10.1. The van der Waals surface area contributed by atoms with Gasteiger partial charge in [-0.05, 0) is 35.9 Å². The van der Waals surface area contributed by atoms with E-state index in [1.54, 1.807) is 35.2 Å². The maximum Gasteiger partial charge on any atom is 0.263 e. The molecule has 144 valence electrons. The monoisotopic (exact) mass is 405 g/mol. The maximum absolute atomic E-state index is 12.7. The summed E-state index contributed by atoms with van der Waals surface area (Å²) in [6.07, 6.45) is 13.3. The molecule has 0 fully saturated rings. The molecule has 4 aromatic heterocycles. The molecule has 0 aromatic carbocycles. The van der Waals surface area contributed by atoms with Gasteiger partial charge in [0.15, 0.2) is 0 Å². The fraction of sp³-hybridized carbons (Fsp3) is 0.0500. The molecule has 0 aliphatic rings. The van der Waals surface area contributed by atoms with Gasteiger partial charge in [0.05, 0.1) is 24.4 Å². The van der Waals surface area contributed by atoms with Crippen molar-refractivity contribution >= 4 is 21.2 Å². The molecule has 0 radical (unpaired) electrons. The van der Waals surface area contributed by atoms with Crippen LogP contribution in [0.25, 0.3) is 16.6 Å². The Morgan fingerprint density at radius 2 is 2.03 bits per heavy atom. The van der Waals surface area contributed by atoms with Gasteiger partial charge < -0.3 is 4.74 Å². The minimum atomic E-state index is -3.85. The number of ether oxygens (including phenoxy) is 1. The Kier molecular flexibility index (Phi) is 4.62. The zero-order valence-electron chi connectivity index (χ0n) is 15.3. The predicted octanol–water partition coefficient (Wildman–Crippen LogP) is 2.58. The van der Waals surface area contributed by atoms with Crippen LogP contribution < -0.4 is 9.46 Å². The van der Waals surface area contributed by atoms with Gasteiger partial charge in [0.1, 0.15) is 10.6 Å². The van der Waals surface area contributed by atoms with Gasteiger partial charge >= 0.3 is 0 Å². The zero-order chi connectivity index (χ0) is 20.4. The van der Waals surface area contributed by atoms with Gasteiger partial charge in [-0.15, -0.1) is 6.42 Å². The lowest BCUT2D eigenvalue weighted by Crippen LogP contribution is -2.14. The second-order valence-electron chi connectivity index (χ2n) is 6.02. The lowest BCUT2D eigenvalue weighted by Gasteiger charge is -2.12. The lowest BCUT2D eigenvalue weighted by molar-refractivity contribution is 0.400. The van der Waals surface area contributed by atoms with Gasteiger partial charge in [0.25, 0.3) is 10.0 Å². The van der Waals surface area contributed by atoms with E-state index in [4.69, 9.17) is 11.2 Å². The highest BCUT2D eigenvalue weighted by Crippen LogP contribution is 2.30. The van der Waals surface area contributed by atoms with Crippen LogP contribution in [0.4, 0.5) is 5.69 Å². The third-order valence-electron chi connectivity index (χ3n) is 4.24. The van der Waals surface area contributed by atoms with Gasteiger partial charge in [-0.3, -0.25) is 9.71 Å². The fourth-order valence-electron chi connectivity index (χ4n) is 2.83. The normalized spacial score (nSPS) is 11.2. The number of fused-ring (bicyclic) bond motifs is 1. The van der Waals surface area contributed by atoms with E-state index in [1.165, 1.54) is 25.6 Å². The van der Waals surface area contributed by atoms with E-state index in [9.17, 15) is 8.42 Å². The van der Waals surface area contributed by atoms with Gasteiger partial charge in [0, 0.05) is 30.4 Å². The van der Waals surface area contributed by atoms with Gasteiger partial charge in [-0.25, -0.2) is 17.9 Å². The molecule has 29 heavy (non-hydrogen) atoms. The topological polar surface area (TPSA) is 98.5 Å². The van der Waals surface area contributed by atoms with E-state index in [0.29, 0.717) is 11.1 Å². The molecule has 4 rings (SSSR count). The zero-order valence-corrected chi connectivity index (χ0v) is 16.1. The summed E-state index contributed by atoms with van der Waals surface area (Å²) >= 11 is 0. The van der Waals surface area contributed by atoms with E-state index in [2.05, 4.69) is 25.7 Å². The van der Waals surface area contributed by atoms with Gasteiger partial charge in [-0.1, -0.05) is 5.92 Å². The van der Waals surface area contributed by atoms with Crippen molar-refractivity contribution in [1.82, 2.24) is 19.6 Å². The Hall–Kier alpha value is -3.90. The summed E-state index contributed by atoms with van der Waals surface area (Å²) in [7, 11) is -2.44. The summed E-state index contributed by atoms with van der Waals surface area (Å²) in [6, 6.07) is 8.35. The first-order chi connectivity index (χ1) is 14.0. The SMILES string of the molecule is C#Cc1cnn2ccc(-c3cnc(OC)c(NS(=O)(=O)c4cccnc4)c3)cc12. The van der Waals surface area contributed by atoms with Crippen LogP contribution in [-0.2, 0) is 10.0 Å². The first-order valence-electron chi connectivity index (χ1n) is 8.43. The molecule has 0 saturated heterocycles. The summed E-state index contributed by atoms with van der Waals surface area (Å²) in [5.41, 5.74) is 3.11. The maximum atomic E-state index is 12.7. The van der Waals surface area contributed by atoms with Crippen LogP contribution in [-0.4, -0.2) is 35.1 Å². The Morgan fingerprint density at radius 3 is 2.76 bits per heavy atom. The van der Waals surface area contributed by atoms with Crippen molar-refractivity contribution < 1.29 is 13.2 Å². The van der Waals surface area contributed by atoms with Gasteiger partial charge in [-0.2, -0.15) is 5.10 Å². The Labute approximate surface area is 167 Å². The smallest absolute Gasteiger partial charge is 0.263 e. The number of hydrogen-bond donors (Lipinski definition) is 1. The first-order valence-corrected chi connectivity index (χ1v) is 9.91. The van der Waals surface area contributed by atoms with Crippen LogP contribution in [0.5, 0.6) is 5.88 Å². The molecule has 4 aromatic rings. The van der Waals surface area contributed by atoms with Crippen molar-refractivity contribution in [2.75, 3.05) is 11.8 Å². The van der Waals surface area contributed by atoms with Crippen LogP contribution in [0.3, 0.4) is 0 Å². The molecule has 0 amide bonds. The largest absolute Gasteiger partial charge is 0.480 e. The number of terminal acetylenes is 1. The van der Waals surface area contributed by atoms with Crippen molar-refractivity contribution in [3.8, 4) is 29.4 Å². The second-order valence-corrected chi connectivity index (χ2v) is 7.71. The number of sulfonamides is 1. The van der Waals surface area contributed by atoms with Crippen LogP contribution >= 0.6 is 0 Å². The molecule has 0 unspecified atom stereocenters. The van der Waals surface area contributed by atoms with Crippen molar-refractivity contribution in [3.63, 3.8) is 0 Å². The van der Waals surface area contributed by atoms with Crippen LogP contribution in [0.1, 0.15) is 5.56 Å². The van der Waals surface area contributed by atoms with E-state index in [1.807, 2.05) is 12.1 Å². The molecule has 0 bridgehead atoms. The Morgan fingerprint density at radius 1 is 1.17 bits per heavy atom. The minimum absolute atomic E-state index is 0.0341. The van der Waals surface area contributed by atoms with Crippen molar-refractivity contribution in [2.24, 2.45) is 0 Å². The highest BCUT2D eigenvalue weighted by Gasteiger charge is 2.18. The summed E-state index contributed by atoms with van der Waals surface area (Å²) in [5.74, 6) is 2.74. The quantitative estimate of drug-likeness (QED) is 0.513. The van der Waals surface area contributed by atoms with Crippen LogP contribution in [0.2, 0.25) is 0 Å². The molecular weight excluding hydrogens is 390 g/mol. The first kappa shape index (κ1) is 18.5. The average molecular weight is 405 g/mol. The van der Waals surface area contributed by atoms with Crippen molar-refractivity contribution in [3.05, 3.63) is 66.9 Å². The molecule has 0 atom stereocenters. The molecule has 4 heterocycles. The number of nitrogens with zero attached hydrogens (tertiary/aromatic N) is 4. The van der Waals surface area contributed by atoms with E-state index in [0.717, 1.165) is 11.1 Å². The number of rotatable bonds is 5. The Balaban J connectivity index is 1.77. The van der Waals surface area contributed by atoms with Crippen LogP contribution in [0, 0.1) is 12.3 Å². The summed E-state index contributed by atoms with van der Waals surface area (Å²) in [4.78, 5) is 8.12. The number of nitrogens with one attached hydrogen (secondary N) is 1. The number of hydrogen-bond acceptors (Lipinski definition) is 6. The second kappa shape index (κ2) is 7.26. The number of pyridine rings is 3. The average Bonchev–Trinajstić information content (AvgIpc) is 3.16. The molecule has 0 aliphatic carbocycles. The number of anilines is 1. The highest BCUT2D eigenvalue weighted by atomic mass is 32.2. The van der Waals surface area contributed by atoms with Crippen molar-refractivity contribution in [1.29, 1.82) is 0 Å². The van der Waals surface area contributed by atoms with E-state index in [-0.39, 0.29) is 16.5 Å². The number of aromatic nitrogens is 4. The Bertz CT molecular complexity index is 1340. The van der Waals surface area contributed by atoms with E-state index < -0.39 is 10.0 Å². The predicted molar refractivity (Wildman–Crippen MR) is 108 cm³/mol. The standard InChI is InChI=1S/C20H15N5O3S/c1-3-14-12-23-25-8-6-15(10-19(14)25)16-9-18(20(28-2)22-11-16)24-29(26,27)17-5-4-7-21-13-17/h1,4-13,24H,2H3. The third-order valence-corrected chi connectivity index (χ3v) is 5.59. The van der Waals surface area contributed by atoms with Crippen LogP contribution in [0.15, 0.2) is 66.2 Å².